The number of thiocarbonyl (C=S) groups is 1. The van der Waals surface area contributed by atoms with E-state index in [1.807, 2.05) is 13.8 Å². The molecule has 0 aromatic heterocycles. The SMILES string of the molecule is CC(C)C(NC(=O)c1ccc(C(N)=S)cc1)C(N)=O. The van der Waals surface area contributed by atoms with Gasteiger partial charge in [0.1, 0.15) is 11.0 Å². The average molecular weight is 279 g/mol. The van der Waals surface area contributed by atoms with E-state index in [2.05, 4.69) is 5.32 Å². The van der Waals surface area contributed by atoms with Crippen molar-refractivity contribution in [1.82, 2.24) is 5.32 Å². The minimum atomic E-state index is -0.692. The predicted octanol–water partition coefficient (Wildman–Crippen LogP) is 0.560. The lowest BCUT2D eigenvalue weighted by atomic mass is 10.0. The predicted molar refractivity (Wildman–Crippen MR) is 77.6 cm³/mol. The molecule has 0 fully saturated rings. The van der Waals surface area contributed by atoms with Crippen LogP contribution in [0.25, 0.3) is 0 Å². The summed E-state index contributed by atoms with van der Waals surface area (Å²) < 4.78 is 0. The first-order chi connectivity index (χ1) is 8.82. The van der Waals surface area contributed by atoms with Gasteiger partial charge in [-0.15, -0.1) is 0 Å². The minimum absolute atomic E-state index is 0.0719. The third-order valence-corrected chi connectivity index (χ3v) is 2.93. The maximum absolute atomic E-state index is 12.0. The van der Waals surface area contributed by atoms with Gasteiger partial charge in [-0.05, 0) is 18.1 Å². The van der Waals surface area contributed by atoms with Crippen LogP contribution in [-0.4, -0.2) is 22.8 Å². The molecule has 6 heteroatoms. The fourth-order valence-electron chi connectivity index (χ4n) is 1.58. The molecule has 0 radical (unpaired) electrons. The summed E-state index contributed by atoms with van der Waals surface area (Å²) in [6, 6.07) is 5.82. The smallest absolute Gasteiger partial charge is 0.251 e. The van der Waals surface area contributed by atoms with Crippen molar-refractivity contribution in [3.8, 4) is 0 Å². The van der Waals surface area contributed by atoms with E-state index >= 15 is 0 Å². The number of rotatable bonds is 5. The van der Waals surface area contributed by atoms with Gasteiger partial charge in [0.2, 0.25) is 5.91 Å². The molecule has 0 aliphatic heterocycles. The molecule has 0 saturated heterocycles. The van der Waals surface area contributed by atoms with E-state index in [0.29, 0.717) is 11.1 Å². The number of carbonyl (C=O) groups is 2. The fraction of sp³-hybridized carbons (Fsp3) is 0.308. The van der Waals surface area contributed by atoms with Crippen molar-refractivity contribution in [2.24, 2.45) is 17.4 Å². The first-order valence-corrected chi connectivity index (χ1v) is 6.23. The van der Waals surface area contributed by atoms with E-state index in [-0.39, 0.29) is 16.8 Å². The van der Waals surface area contributed by atoms with Gasteiger partial charge in [-0.1, -0.05) is 38.2 Å². The summed E-state index contributed by atoms with van der Waals surface area (Å²) in [7, 11) is 0. The molecule has 1 aromatic carbocycles. The number of benzene rings is 1. The standard InChI is InChI=1S/C13H17N3O2S/c1-7(2)10(11(14)17)16-13(18)9-5-3-8(4-6-9)12(15)19/h3-7,10H,1-2H3,(H2,14,17)(H2,15,19)(H,16,18). The van der Waals surface area contributed by atoms with Gasteiger partial charge in [0.05, 0.1) is 0 Å². The summed E-state index contributed by atoms with van der Waals surface area (Å²) in [5, 5.41) is 2.60. The van der Waals surface area contributed by atoms with Crippen LogP contribution in [0.4, 0.5) is 0 Å². The molecule has 0 bridgehead atoms. The topological polar surface area (TPSA) is 98.2 Å². The highest BCUT2D eigenvalue weighted by Crippen LogP contribution is 2.07. The molecular weight excluding hydrogens is 262 g/mol. The zero-order valence-electron chi connectivity index (χ0n) is 10.8. The maximum atomic E-state index is 12.0. The van der Waals surface area contributed by atoms with Crippen LogP contribution >= 0.6 is 12.2 Å². The number of nitrogens with two attached hydrogens (primary N) is 2. The van der Waals surface area contributed by atoms with Gasteiger partial charge in [-0.3, -0.25) is 9.59 Å². The van der Waals surface area contributed by atoms with E-state index in [4.69, 9.17) is 23.7 Å². The van der Waals surface area contributed by atoms with Crippen LogP contribution in [0.2, 0.25) is 0 Å². The number of amides is 2. The number of nitrogens with one attached hydrogen (secondary N) is 1. The van der Waals surface area contributed by atoms with Crippen molar-refractivity contribution in [3.63, 3.8) is 0 Å². The average Bonchev–Trinajstić information content (AvgIpc) is 2.34. The van der Waals surface area contributed by atoms with Gasteiger partial charge in [0, 0.05) is 11.1 Å². The van der Waals surface area contributed by atoms with Crippen LogP contribution in [0.1, 0.15) is 29.8 Å². The summed E-state index contributed by atoms with van der Waals surface area (Å²) in [5.74, 6) is -0.979. The number of carbonyl (C=O) groups excluding carboxylic acids is 2. The van der Waals surface area contributed by atoms with E-state index in [1.165, 1.54) is 0 Å². The van der Waals surface area contributed by atoms with Crippen molar-refractivity contribution in [2.75, 3.05) is 0 Å². The van der Waals surface area contributed by atoms with E-state index in [1.54, 1.807) is 24.3 Å². The minimum Gasteiger partial charge on any atom is -0.389 e. The Bertz CT molecular complexity index is 497. The molecule has 5 nitrogen and oxygen atoms in total. The van der Waals surface area contributed by atoms with Crippen molar-refractivity contribution < 1.29 is 9.59 Å². The molecular formula is C13H17N3O2S. The van der Waals surface area contributed by atoms with Crippen LogP contribution in [0, 0.1) is 5.92 Å². The van der Waals surface area contributed by atoms with Gasteiger partial charge in [-0.2, -0.15) is 0 Å². The fourth-order valence-corrected chi connectivity index (χ4v) is 1.71. The lowest BCUT2D eigenvalue weighted by Crippen LogP contribution is -2.47. The Kier molecular flexibility index (Phi) is 5.00. The van der Waals surface area contributed by atoms with E-state index in [9.17, 15) is 9.59 Å². The molecule has 1 aromatic rings. The van der Waals surface area contributed by atoms with Crippen molar-refractivity contribution in [1.29, 1.82) is 0 Å². The Balaban J connectivity index is 2.83. The lowest BCUT2D eigenvalue weighted by Gasteiger charge is -2.18. The molecule has 0 aliphatic rings. The Hall–Kier alpha value is -1.95. The normalized spacial score (nSPS) is 11.9. The highest BCUT2D eigenvalue weighted by atomic mass is 32.1. The first-order valence-electron chi connectivity index (χ1n) is 5.83. The second kappa shape index (κ2) is 6.29. The van der Waals surface area contributed by atoms with Gasteiger partial charge in [0.25, 0.3) is 5.91 Å². The van der Waals surface area contributed by atoms with Crippen molar-refractivity contribution in [2.45, 2.75) is 19.9 Å². The van der Waals surface area contributed by atoms with Gasteiger partial charge in [-0.25, -0.2) is 0 Å². The molecule has 1 atom stereocenters. The zero-order valence-corrected chi connectivity index (χ0v) is 11.7. The summed E-state index contributed by atoms with van der Waals surface area (Å²) >= 11 is 4.83. The van der Waals surface area contributed by atoms with Gasteiger partial charge < -0.3 is 16.8 Å². The third kappa shape index (κ3) is 4.03. The number of primary amides is 1. The monoisotopic (exact) mass is 279 g/mol. The summed E-state index contributed by atoms with van der Waals surface area (Å²) in [5.41, 5.74) is 11.8. The maximum Gasteiger partial charge on any atom is 0.251 e. The highest BCUT2D eigenvalue weighted by Gasteiger charge is 2.22. The van der Waals surface area contributed by atoms with Crippen molar-refractivity contribution >= 4 is 29.0 Å². The van der Waals surface area contributed by atoms with Gasteiger partial charge >= 0.3 is 0 Å². The van der Waals surface area contributed by atoms with Crippen LogP contribution in [0.5, 0.6) is 0 Å². The number of hydrogen-bond donors (Lipinski definition) is 3. The molecule has 19 heavy (non-hydrogen) atoms. The summed E-state index contributed by atoms with van der Waals surface area (Å²) in [6.45, 7) is 3.62. The Morgan fingerprint density at radius 1 is 1.11 bits per heavy atom. The van der Waals surface area contributed by atoms with Crippen LogP contribution in [0.15, 0.2) is 24.3 Å². The summed E-state index contributed by atoms with van der Waals surface area (Å²) in [6.07, 6.45) is 0. The molecule has 0 heterocycles. The highest BCUT2D eigenvalue weighted by molar-refractivity contribution is 7.80. The van der Waals surface area contributed by atoms with Crippen LogP contribution in [-0.2, 0) is 4.79 Å². The Morgan fingerprint density at radius 3 is 1.95 bits per heavy atom. The van der Waals surface area contributed by atoms with E-state index < -0.39 is 11.9 Å². The third-order valence-electron chi connectivity index (χ3n) is 2.69. The molecule has 2 amide bonds. The van der Waals surface area contributed by atoms with Crippen LogP contribution in [0.3, 0.4) is 0 Å². The van der Waals surface area contributed by atoms with Crippen molar-refractivity contribution in [3.05, 3.63) is 35.4 Å². The molecule has 1 unspecified atom stereocenters. The largest absolute Gasteiger partial charge is 0.389 e. The quantitative estimate of drug-likeness (QED) is 0.686. The van der Waals surface area contributed by atoms with E-state index in [0.717, 1.165) is 0 Å². The zero-order chi connectivity index (χ0) is 14.6. The molecule has 0 aliphatic carbocycles. The number of hydrogen-bond acceptors (Lipinski definition) is 3. The first kappa shape index (κ1) is 15.1. The molecule has 5 N–H and O–H groups in total. The molecule has 0 saturated carbocycles. The Morgan fingerprint density at radius 2 is 1.58 bits per heavy atom. The second-order valence-electron chi connectivity index (χ2n) is 4.54. The molecule has 1 rings (SSSR count). The Labute approximate surface area is 117 Å². The van der Waals surface area contributed by atoms with Gasteiger partial charge in [0.15, 0.2) is 0 Å². The lowest BCUT2D eigenvalue weighted by molar-refractivity contribution is -0.120. The summed E-state index contributed by atoms with van der Waals surface area (Å²) in [4.78, 5) is 23.5. The molecule has 0 spiro atoms. The molecule has 102 valence electrons. The second-order valence-corrected chi connectivity index (χ2v) is 4.98. The van der Waals surface area contributed by atoms with Crippen LogP contribution < -0.4 is 16.8 Å².